The van der Waals surface area contributed by atoms with Crippen LogP contribution in [0.1, 0.15) is 5.56 Å². The van der Waals surface area contributed by atoms with E-state index in [0.717, 1.165) is 16.8 Å². The molecule has 0 radical (unpaired) electrons. The second kappa shape index (κ2) is 9.94. The molecule has 4 rings (SSSR count). The minimum Gasteiger partial charge on any atom is -0.325 e. The number of hydrogen-bond donors (Lipinski definition) is 2. The molecule has 0 fully saturated rings. The molecule has 0 aliphatic carbocycles. The minimum absolute atomic E-state index is 0.0338. The van der Waals surface area contributed by atoms with Gasteiger partial charge in [-0.2, -0.15) is 0 Å². The first-order valence-electron chi connectivity index (χ1n) is 9.91. The molecule has 0 atom stereocenters. The molecule has 3 N–H and O–H groups in total. The van der Waals surface area contributed by atoms with Gasteiger partial charge in [0.2, 0.25) is 15.9 Å². The average molecular weight is 515 g/mol. The van der Waals surface area contributed by atoms with Crippen molar-refractivity contribution in [2.45, 2.75) is 17.0 Å². The van der Waals surface area contributed by atoms with Crippen molar-refractivity contribution in [3.63, 3.8) is 0 Å². The number of anilines is 1. The molecule has 4 aromatic rings. The maximum absolute atomic E-state index is 12.6. The number of primary sulfonamides is 1. The summed E-state index contributed by atoms with van der Waals surface area (Å²) in [4.78, 5) is 16.6. The lowest BCUT2D eigenvalue weighted by Crippen LogP contribution is -2.15. The molecule has 0 saturated heterocycles. The molecule has 9 nitrogen and oxygen atoms in total. The Kier molecular flexibility index (Phi) is 6.98. The molecular formula is C22H19ClN6O3S2. The number of hydrogen-bond acceptors (Lipinski definition) is 7. The Labute approximate surface area is 205 Å². The highest BCUT2D eigenvalue weighted by atomic mass is 35.5. The maximum atomic E-state index is 12.6. The van der Waals surface area contributed by atoms with Crippen LogP contribution in [0.2, 0.25) is 5.02 Å². The molecule has 0 aliphatic heterocycles. The Bertz CT molecular complexity index is 1440. The third kappa shape index (κ3) is 5.28. The first-order chi connectivity index (χ1) is 16.2. The maximum Gasteiger partial charge on any atom is 0.238 e. The Morgan fingerprint density at radius 3 is 2.47 bits per heavy atom. The second-order valence-electron chi connectivity index (χ2n) is 7.17. The standard InChI is InChI=1S/C22H19ClN6O3S2/c1-14-18(23)3-2-4-19(14)29-21(15-9-11-25-12-10-15)27-28-22(29)33-13-20(30)26-16-5-7-17(8-6-16)34(24,31)32/h2-12H,13H2,1H3,(H,26,30)(H2,24,31,32). The van der Waals surface area contributed by atoms with Gasteiger partial charge < -0.3 is 5.32 Å². The van der Waals surface area contributed by atoms with Crippen molar-refractivity contribution < 1.29 is 13.2 Å². The van der Waals surface area contributed by atoms with Crippen molar-refractivity contribution in [1.29, 1.82) is 0 Å². The van der Waals surface area contributed by atoms with Gasteiger partial charge in [-0.3, -0.25) is 14.3 Å². The molecule has 0 spiro atoms. The summed E-state index contributed by atoms with van der Waals surface area (Å²) >= 11 is 7.57. The number of thioether (sulfide) groups is 1. The largest absolute Gasteiger partial charge is 0.325 e. The Balaban J connectivity index is 1.58. The third-order valence-corrected chi connectivity index (χ3v) is 7.12. The van der Waals surface area contributed by atoms with E-state index in [0.29, 0.717) is 21.7 Å². The summed E-state index contributed by atoms with van der Waals surface area (Å²) in [5.74, 6) is 0.343. The van der Waals surface area contributed by atoms with Crippen molar-refractivity contribution in [1.82, 2.24) is 19.7 Å². The number of rotatable bonds is 7. The van der Waals surface area contributed by atoms with E-state index in [1.165, 1.54) is 36.0 Å². The number of benzene rings is 2. The van der Waals surface area contributed by atoms with Gasteiger partial charge in [-0.25, -0.2) is 13.6 Å². The lowest BCUT2D eigenvalue weighted by atomic mass is 10.2. The normalized spacial score (nSPS) is 11.4. The van der Waals surface area contributed by atoms with Crippen molar-refractivity contribution in [2.24, 2.45) is 5.14 Å². The highest BCUT2D eigenvalue weighted by Gasteiger charge is 2.19. The minimum atomic E-state index is -3.80. The number of amides is 1. The van der Waals surface area contributed by atoms with Crippen LogP contribution >= 0.6 is 23.4 Å². The van der Waals surface area contributed by atoms with Crippen molar-refractivity contribution in [3.8, 4) is 17.1 Å². The van der Waals surface area contributed by atoms with E-state index in [4.69, 9.17) is 16.7 Å². The fraction of sp³-hybridized carbons (Fsp3) is 0.0909. The van der Waals surface area contributed by atoms with Crippen molar-refractivity contribution >= 4 is 45.0 Å². The van der Waals surface area contributed by atoms with Crippen LogP contribution in [0.15, 0.2) is 77.0 Å². The van der Waals surface area contributed by atoms with Crippen LogP contribution in [0.3, 0.4) is 0 Å². The van der Waals surface area contributed by atoms with Crippen LogP contribution in [-0.2, 0) is 14.8 Å². The van der Waals surface area contributed by atoms with Gasteiger partial charge in [0.25, 0.3) is 0 Å². The van der Waals surface area contributed by atoms with E-state index in [-0.39, 0.29) is 16.6 Å². The molecule has 2 heterocycles. The molecule has 0 bridgehead atoms. The van der Waals surface area contributed by atoms with Crippen molar-refractivity contribution in [3.05, 3.63) is 77.6 Å². The topological polar surface area (TPSA) is 133 Å². The van der Waals surface area contributed by atoms with Gasteiger partial charge in [-0.15, -0.1) is 10.2 Å². The molecule has 1 amide bonds. The first kappa shape index (κ1) is 23.9. The highest BCUT2D eigenvalue weighted by molar-refractivity contribution is 7.99. The van der Waals surface area contributed by atoms with E-state index < -0.39 is 10.0 Å². The summed E-state index contributed by atoms with van der Waals surface area (Å²) in [6.45, 7) is 1.90. The van der Waals surface area contributed by atoms with Crippen LogP contribution in [0, 0.1) is 6.92 Å². The molecule has 12 heteroatoms. The monoisotopic (exact) mass is 514 g/mol. The van der Waals surface area contributed by atoms with Gasteiger partial charge in [0.1, 0.15) is 0 Å². The first-order valence-corrected chi connectivity index (χ1v) is 12.8. The van der Waals surface area contributed by atoms with Crippen molar-refractivity contribution in [2.75, 3.05) is 11.1 Å². The summed E-state index contributed by atoms with van der Waals surface area (Å²) in [5, 5.41) is 17.6. The number of nitrogens with one attached hydrogen (secondary N) is 1. The highest BCUT2D eigenvalue weighted by Crippen LogP contribution is 2.31. The van der Waals surface area contributed by atoms with Crippen LogP contribution in [-0.4, -0.2) is 39.8 Å². The van der Waals surface area contributed by atoms with Crippen LogP contribution in [0.5, 0.6) is 0 Å². The van der Waals surface area contributed by atoms with Gasteiger partial charge in [0, 0.05) is 28.7 Å². The zero-order chi connectivity index (χ0) is 24.3. The molecule has 0 unspecified atom stereocenters. The van der Waals surface area contributed by atoms with Gasteiger partial charge in [0.15, 0.2) is 11.0 Å². The number of carbonyl (C=O) groups is 1. The number of aromatic nitrogens is 4. The number of nitrogens with two attached hydrogens (primary N) is 1. The molecule has 2 aromatic carbocycles. The lowest BCUT2D eigenvalue weighted by Gasteiger charge is -2.14. The zero-order valence-corrected chi connectivity index (χ0v) is 20.2. The second-order valence-corrected chi connectivity index (χ2v) is 10.1. The molecule has 0 aliphatic rings. The number of halogens is 1. The van der Waals surface area contributed by atoms with E-state index in [1.54, 1.807) is 18.5 Å². The predicted molar refractivity (Wildman–Crippen MR) is 132 cm³/mol. The molecular weight excluding hydrogens is 496 g/mol. The Morgan fingerprint density at radius 1 is 1.09 bits per heavy atom. The quantitative estimate of drug-likeness (QED) is 0.359. The van der Waals surface area contributed by atoms with Gasteiger partial charge in [-0.1, -0.05) is 29.4 Å². The Hall–Kier alpha value is -3.25. The number of pyridine rings is 1. The Morgan fingerprint density at radius 2 is 1.79 bits per heavy atom. The molecule has 174 valence electrons. The molecule has 2 aromatic heterocycles. The molecule has 0 saturated carbocycles. The fourth-order valence-corrected chi connectivity index (χ4v) is 4.59. The van der Waals surface area contributed by atoms with Gasteiger partial charge >= 0.3 is 0 Å². The number of carbonyl (C=O) groups excluding carboxylic acids is 1. The van der Waals surface area contributed by atoms with Crippen LogP contribution < -0.4 is 10.5 Å². The SMILES string of the molecule is Cc1c(Cl)cccc1-n1c(SCC(=O)Nc2ccc(S(N)(=O)=O)cc2)nnc1-c1ccncc1. The van der Waals surface area contributed by atoms with E-state index >= 15 is 0 Å². The van der Waals surface area contributed by atoms with E-state index in [1.807, 2.05) is 35.8 Å². The van der Waals surface area contributed by atoms with Gasteiger partial charge in [0.05, 0.1) is 16.3 Å². The summed E-state index contributed by atoms with van der Waals surface area (Å²) in [6.07, 6.45) is 3.33. The third-order valence-electron chi connectivity index (χ3n) is 4.85. The van der Waals surface area contributed by atoms with Crippen LogP contribution in [0.4, 0.5) is 5.69 Å². The summed E-state index contributed by atoms with van der Waals surface area (Å²) in [5.41, 5.74) is 2.90. The number of sulfonamides is 1. The predicted octanol–water partition coefficient (Wildman–Crippen LogP) is 3.67. The number of nitrogens with zero attached hydrogens (tertiary/aromatic N) is 4. The average Bonchev–Trinajstić information content (AvgIpc) is 3.23. The van der Waals surface area contributed by atoms with E-state index in [9.17, 15) is 13.2 Å². The van der Waals surface area contributed by atoms with Gasteiger partial charge in [-0.05, 0) is 61.0 Å². The van der Waals surface area contributed by atoms with E-state index in [2.05, 4.69) is 20.5 Å². The summed E-state index contributed by atoms with van der Waals surface area (Å²) in [6, 6.07) is 14.8. The zero-order valence-electron chi connectivity index (χ0n) is 17.8. The smallest absolute Gasteiger partial charge is 0.238 e. The lowest BCUT2D eigenvalue weighted by molar-refractivity contribution is -0.113. The fourth-order valence-electron chi connectivity index (χ4n) is 3.16. The molecule has 34 heavy (non-hydrogen) atoms. The summed E-state index contributed by atoms with van der Waals surface area (Å²) in [7, 11) is -3.80. The van der Waals surface area contributed by atoms with Crippen LogP contribution in [0.25, 0.3) is 17.1 Å². The summed E-state index contributed by atoms with van der Waals surface area (Å²) < 4.78 is 24.6.